The smallest absolute Gasteiger partial charge is 0.146 e. The number of aromatic nitrogens is 2. The highest BCUT2D eigenvalue weighted by molar-refractivity contribution is 7.99. The Bertz CT molecular complexity index is 525. The predicted octanol–water partition coefficient (Wildman–Crippen LogP) is 2.43. The standard InChI is InChI=1S/C10H9F2N3S/c1-15-5-8(13)10(14-15)16-9-4-6(11)2-3-7(9)12/h2-5H,13H2,1H3. The minimum Gasteiger partial charge on any atom is -0.395 e. The molecule has 0 fully saturated rings. The Kier molecular flexibility index (Phi) is 2.82. The summed E-state index contributed by atoms with van der Waals surface area (Å²) in [6.07, 6.45) is 1.61. The summed E-state index contributed by atoms with van der Waals surface area (Å²) in [7, 11) is 1.71. The lowest BCUT2D eigenvalue weighted by Crippen LogP contribution is -1.88. The molecule has 0 spiro atoms. The molecule has 0 bridgehead atoms. The second-order valence-electron chi connectivity index (χ2n) is 3.24. The first-order valence-corrected chi connectivity index (χ1v) is 5.30. The van der Waals surface area contributed by atoms with Crippen LogP contribution in [0.15, 0.2) is 34.3 Å². The molecular weight excluding hydrogens is 232 g/mol. The Morgan fingerprint density at radius 1 is 1.38 bits per heavy atom. The van der Waals surface area contributed by atoms with E-state index >= 15 is 0 Å². The number of nitrogens with two attached hydrogens (primary N) is 1. The molecule has 0 aliphatic rings. The van der Waals surface area contributed by atoms with Crippen molar-refractivity contribution in [3.8, 4) is 0 Å². The number of nitrogens with zero attached hydrogens (tertiary/aromatic N) is 2. The number of aryl methyl sites for hydroxylation is 1. The molecule has 2 rings (SSSR count). The van der Waals surface area contributed by atoms with Crippen molar-refractivity contribution < 1.29 is 8.78 Å². The maximum atomic E-state index is 13.3. The fourth-order valence-corrected chi connectivity index (χ4v) is 2.11. The van der Waals surface area contributed by atoms with Gasteiger partial charge in [-0.15, -0.1) is 0 Å². The fourth-order valence-electron chi connectivity index (χ4n) is 1.23. The monoisotopic (exact) mass is 241 g/mol. The van der Waals surface area contributed by atoms with E-state index in [-0.39, 0.29) is 4.90 Å². The molecule has 3 nitrogen and oxygen atoms in total. The summed E-state index contributed by atoms with van der Waals surface area (Å²) in [5, 5.41) is 4.51. The Morgan fingerprint density at radius 2 is 2.12 bits per heavy atom. The maximum Gasteiger partial charge on any atom is 0.146 e. The van der Waals surface area contributed by atoms with E-state index < -0.39 is 11.6 Å². The fraction of sp³-hybridized carbons (Fsp3) is 0.100. The van der Waals surface area contributed by atoms with E-state index in [9.17, 15) is 8.78 Å². The Labute approximate surface area is 95.3 Å². The number of halogens is 2. The van der Waals surface area contributed by atoms with Crippen LogP contribution in [-0.2, 0) is 7.05 Å². The van der Waals surface area contributed by atoms with Crippen molar-refractivity contribution in [2.24, 2.45) is 7.05 Å². The molecular formula is C10H9F2N3S. The zero-order chi connectivity index (χ0) is 11.7. The topological polar surface area (TPSA) is 43.8 Å². The zero-order valence-electron chi connectivity index (χ0n) is 8.45. The summed E-state index contributed by atoms with van der Waals surface area (Å²) in [6.45, 7) is 0. The van der Waals surface area contributed by atoms with Crippen LogP contribution in [0.5, 0.6) is 0 Å². The van der Waals surface area contributed by atoms with Crippen LogP contribution in [0.4, 0.5) is 14.5 Å². The van der Waals surface area contributed by atoms with E-state index in [0.717, 1.165) is 30.0 Å². The highest BCUT2D eigenvalue weighted by Gasteiger charge is 2.10. The second-order valence-corrected chi connectivity index (χ2v) is 4.27. The SMILES string of the molecule is Cn1cc(N)c(Sc2cc(F)ccc2F)n1. The van der Waals surface area contributed by atoms with Crippen LogP contribution in [0.25, 0.3) is 0 Å². The van der Waals surface area contributed by atoms with E-state index in [2.05, 4.69) is 5.10 Å². The van der Waals surface area contributed by atoms with Gasteiger partial charge < -0.3 is 5.73 Å². The van der Waals surface area contributed by atoms with Gasteiger partial charge in [-0.25, -0.2) is 8.78 Å². The molecule has 0 aliphatic carbocycles. The van der Waals surface area contributed by atoms with Gasteiger partial charge >= 0.3 is 0 Å². The summed E-state index contributed by atoms with van der Waals surface area (Å²) in [4.78, 5) is 0.172. The average Bonchev–Trinajstić information content (AvgIpc) is 2.51. The van der Waals surface area contributed by atoms with Crippen LogP contribution in [-0.4, -0.2) is 9.78 Å². The van der Waals surface area contributed by atoms with E-state index in [1.54, 1.807) is 13.2 Å². The molecule has 6 heteroatoms. The van der Waals surface area contributed by atoms with Crippen molar-refractivity contribution in [3.63, 3.8) is 0 Å². The molecule has 1 aromatic heterocycles. The van der Waals surface area contributed by atoms with E-state index in [1.807, 2.05) is 0 Å². The minimum absolute atomic E-state index is 0.172. The molecule has 1 heterocycles. The summed E-state index contributed by atoms with van der Waals surface area (Å²) >= 11 is 1.00. The molecule has 2 aromatic rings. The van der Waals surface area contributed by atoms with Crippen molar-refractivity contribution in [3.05, 3.63) is 36.0 Å². The largest absolute Gasteiger partial charge is 0.395 e. The van der Waals surface area contributed by atoms with Crippen LogP contribution >= 0.6 is 11.8 Å². The number of hydrogen-bond acceptors (Lipinski definition) is 3. The lowest BCUT2D eigenvalue weighted by Gasteiger charge is -2.01. The first-order valence-electron chi connectivity index (χ1n) is 4.48. The summed E-state index contributed by atoms with van der Waals surface area (Å²) in [5.41, 5.74) is 6.10. The van der Waals surface area contributed by atoms with E-state index in [4.69, 9.17) is 5.73 Å². The first kappa shape index (κ1) is 10.9. The molecule has 0 amide bonds. The van der Waals surface area contributed by atoms with Crippen molar-refractivity contribution >= 4 is 17.4 Å². The van der Waals surface area contributed by atoms with Crippen molar-refractivity contribution in [1.29, 1.82) is 0 Å². The number of anilines is 1. The van der Waals surface area contributed by atoms with Gasteiger partial charge in [-0.3, -0.25) is 4.68 Å². The highest BCUT2D eigenvalue weighted by atomic mass is 32.2. The van der Waals surface area contributed by atoms with Gasteiger partial charge in [0.1, 0.15) is 16.7 Å². The molecule has 0 radical (unpaired) electrons. The van der Waals surface area contributed by atoms with Crippen LogP contribution in [0, 0.1) is 11.6 Å². The van der Waals surface area contributed by atoms with E-state index in [1.165, 1.54) is 4.68 Å². The third-order valence-electron chi connectivity index (χ3n) is 1.92. The molecule has 0 saturated heterocycles. The Balaban J connectivity index is 2.33. The lowest BCUT2D eigenvalue weighted by molar-refractivity contribution is 0.577. The third kappa shape index (κ3) is 2.16. The summed E-state index contributed by atoms with van der Waals surface area (Å²) in [6, 6.07) is 3.27. The quantitative estimate of drug-likeness (QED) is 0.878. The van der Waals surface area contributed by atoms with Gasteiger partial charge in [-0.05, 0) is 18.2 Å². The molecule has 16 heavy (non-hydrogen) atoms. The number of rotatable bonds is 2. The third-order valence-corrected chi connectivity index (χ3v) is 2.96. The van der Waals surface area contributed by atoms with Gasteiger partial charge in [0, 0.05) is 13.2 Å². The van der Waals surface area contributed by atoms with Gasteiger partial charge in [0.25, 0.3) is 0 Å². The number of nitrogen functional groups attached to an aromatic ring is 1. The van der Waals surface area contributed by atoms with Gasteiger partial charge in [0.15, 0.2) is 0 Å². The lowest BCUT2D eigenvalue weighted by atomic mass is 10.3. The summed E-state index contributed by atoms with van der Waals surface area (Å²) in [5.74, 6) is -0.977. The highest BCUT2D eigenvalue weighted by Crippen LogP contribution is 2.32. The minimum atomic E-state index is -0.489. The molecule has 0 atom stereocenters. The second kappa shape index (κ2) is 4.13. The molecule has 84 valence electrons. The Morgan fingerprint density at radius 3 is 2.75 bits per heavy atom. The first-order chi connectivity index (χ1) is 7.56. The van der Waals surface area contributed by atoms with Crippen LogP contribution < -0.4 is 5.73 Å². The summed E-state index contributed by atoms with van der Waals surface area (Å²) < 4.78 is 27.8. The zero-order valence-corrected chi connectivity index (χ0v) is 9.26. The molecule has 0 saturated carbocycles. The normalized spacial score (nSPS) is 10.7. The van der Waals surface area contributed by atoms with Gasteiger partial charge in [-0.2, -0.15) is 5.10 Å². The molecule has 2 N–H and O–H groups in total. The number of benzene rings is 1. The van der Waals surface area contributed by atoms with Crippen LogP contribution in [0.1, 0.15) is 0 Å². The van der Waals surface area contributed by atoms with Crippen molar-refractivity contribution in [2.75, 3.05) is 5.73 Å². The molecule has 1 aromatic carbocycles. The van der Waals surface area contributed by atoms with Crippen LogP contribution in [0.2, 0.25) is 0 Å². The molecule has 0 aliphatic heterocycles. The van der Waals surface area contributed by atoms with Gasteiger partial charge in [-0.1, -0.05) is 11.8 Å². The maximum absolute atomic E-state index is 13.3. The van der Waals surface area contributed by atoms with Crippen molar-refractivity contribution in [2.45, 2.75) is 9.92 Å². The van der Waals surface area contributed by atoms with Crippen molar-refractivity contribution in [1.82, 2.24) is 9.78 Å². The predicted molar refractivity (Wildman–Crippen MR) is 58.1 cm³/mol. The van der Waals surface area contributed by atoms with Crippen LogP contribution in [0.3, 0.4) is 0 Å². The number of hydrogen-bond donors (Lipinski definition) is 1. The van der Waals surface area contributed by atoms with E-state index in [0.29, 0.717) is 10.7 Å². The Hall–Kier alpha value is -1.56. The van der Waals surface area contributed by atoms with Gasteiger partial charge in [0.05, 0.1) is 10.6 Å². The average molecular weight is 241 g/mol. The molecule has 0 unspecified atom stereocenters. The van der Waals surface area contributed by atoms with Gasteiger partial charge in [0.2, 0.25) is 0 Å².